The summed E-state index contributed by atoms with van der Waals surface area (Å²) in [6, 6.07) is 13.0. The van der Waals surface area contributed by atoms with Crippen molar-refractivity contribution in [1.29, 1.82) is 0 Å². The van der Waals surface area contributed by atoms with Crippen LogP contribution in [0.15, 0.2) is 42.5 Å². The summed E-state index contributed by atoms with van der Waals surface area (Å²) in [5, 5.41) is 12.1. The average molecular weight is 296 g/mol. The number of H-pyrrole nitrogens is 1. The summed E-state index contributed by atoms with van der Waals surface area (Å²) >= 11 is 0. The van der Waals surface area contributed by atoms with Gasteiger partial charge >= 0.3 is 0 Å². The first-order valence-electron chi connectivity index (χ1n) is 7.07. The second-order valence-electron chi connectivity index (χ2n) is 5.06. The predicted octanol–water partition coefficient (Wildman–Crippen LogP) is 4.31. The van der Waals surface area contributed by atoms with Gasteiger partial charge in [-0.15, -0.1) is 0 Å². The molecule has 0 radical (unpaired) electrons. The van der Waals surface area contributed by atoms with Crippen LogP contribution in [-0.2, 0) is 6.42 Å². The van der Waals surface area contributed by atoms with Gasteiger partial charge in [0.15, 0.2) is 0 Å². The lowest BCUT2D eigenvalue weighted by Gasteiger charge is -2.06. The van der Waals surface area contributed by atoms with Crippen molar-refractivity contribution in [3.63, 3.8) is 0 Å². The molecule has 0 amide bonds. The Morgan fingerprint density at radius 1 is 1.23 bits per heavy atom. The van der Waals surface area contributed by atoms with E-state index in [1.165, 1.54) is 0 Å². The molecular weight excluding hydrogens is 280 g/mol. The number of nitrogens with zero attached hydrogens (tertiary/aromatic N) is 1. The Hall–Kier alpha value is -2.82. The summed E-state index contributed by atoms with van der Waals surface area (Å²) < 4.78 is 5.26. The Bertz CT molecular complexity index is 852. The minimum absolute atomic E-state index is 0.0985. The van der Waals surface area contributed by atoms with Crippen molar-refractivity contribution in [3.8, 4) is 16.9 Å². The monoisotopic (exact) mass is 296 g/mol. The molecule has 3 aromatic rings. The first-order chi connectivity index (χ1) is 10.6. The summed E-state index contributed by atoms with van der Waals surface area (Å²) in [7, 11) is 1.62. The van der Waals surface area contributed by atoms with Crippen molar-refractivity contribution in [3.05, 3.63) is 58.3 Å². The second kappa shape index (κ2) is 5.52. The van der Waals surface area contributed by atoms with E-state index >= 15 is 0 Å². The lowest BCUT2D eigenvalue weighted by Crippen LogP contribution is -1.91. The molecule has 0 aliphatic heterocycles. The Kier molecular flexibility index (Phi) is 3.55. The fraction of sp³-hybridized carbons (Fsp3) is 0.176. The van der Waals surface area contributed by atoms with Gasteiger partial charge in [0, 0.05) is 17.1 Å². The number of nitro groups is 1. The van der Waals surface area contributed by atoms with Crippen LogP contribution < -0.4 is 4.74 Å². The van der Waals surface area contributed by atoms with Gasteiger partial charge in [0.1, 0.15) is 11.3 Å². The van der Waals surface area contributed by atoms with Crippen molar-refractivity contribution in [1.82, 2.24) is 4.98 Å². The maximum atomic E-state index is 11.2. The molecule has 3 rings (SSSR count). The van der Waals surface area contributed by atoms with Crippen LogP contribution >= 0.6 is 0 Å². The van der Waals surface area contributed by atoms with Gasteiger partial charge < -0.3 is 9.72 Å². The fourth-order valence-corrected chi connectivity index (χ4v) is 2.65. The first-order valence-corrected chi connectivity index (χ1v) is 7.07. The number of nitrogens with one attached hydrogen (secondary N) is 1. The standard InChI is InChI=1S/C17H16N2O3/c1-3-12-10-15-14(11-5-4-6-13(9-11)22-2)7-8-16(19(20)21)17(15)18-12/h4-10,18H,3H2,1-2H3. The zero-order valence-electron chi connectivity index (χ0n) is 12.4. The van der Waals surface area contributed by atoms with Gasteiger partial charge in [-0.2, -0.15) is 0 Å². The molecule has 1 N–H and O–H groups in total. The Labute approximate surface area is 127 Å². The Morgan fingerprint density at radius 3 is 2.73 bits per heavy atom. The van der Waals surface area contributed by atoms with Crippen LogP contribution in [-0.4, -0.2) is 17.0 Å². The van der Waals surface area contributed by atoms with Gasteiger partial charge in [-0.1, -0.05) is 19.1 Å². The molecule has 1 aromatic heterocycles. The van der Waals surface area contributed by atoms with Crippen LogP contribution in [0, 0.1) is 10.1 Å². The number of non-ortho nitro benzene ring substituents is 1. The highest BCUT2D eigenvalue weighted by atomic mass is 16.6. The Balaban J connectivity index is 2.28. The summed E-state index contributed by atoms with van der Waals surface area (Å²) in [6.45, 7) is 2.02. The molecule has 2 aromatic carbocycles. The van der Waals surface area contributed by atoms with E-state index < -0.39 is 0 Å². The maximum absolute atomic E-state index is 11.2. The Morgan fingerprint density at radius 2 is 2.05 bits per heavy atom. The molecule has 112 valence electrons. The summed E-state index contributed by atoms with van der Waals surface area (Å²) in [6.07, 6.45) is 0.795. The van der Waals surface area contributed by atoms with Crippen LogP contribution in [0.25, 0.3) is 22.0 Å². The zero-order chi connectivity index (χ0) is 15.7. The van der Waals surface area contributed by atoms with E-state index in [1.54, 1.807) is 19.2 Å². The number of methoxy groups -OCH3 is 1. The number of aryl methyl sites for hydroxylation is 1. The summed E-state index contributed by atoms with van der Waals surface area (Å²) in [5.74, 6) is 0.759. The molecule has 0 unspecified atom stereocenters. The third kappa shape index (κ3) is 2.30. The molecule has 0 aliphatic carbocycles. The van der Waals surface area contributed by atoms with E-state index in [9.17, 15) is 10.1 Å². The highest BCUT2D eigenvalue weighted by Crippen LogP contribution is 2.35. The van der Waals surface area contributed by atoms with E-state index in [4.69, 9.17) is 4.74 Å². The number of ether oxygens (including phenoxy) is 1. The first kappa shape index (κ1) is 14.1. The predicted molar refractivity (Wildman–Crippen MR) is 86.3 cm³/mol. The van der Waals surface area contributed by atoms with E-state index in [1.807, 2.05) is 37.3 Å². The molecule has 5 heteroatoms. The SMILES string of the molecule is CCc1cc2c(-c3cccc(OC)c3)ccc([N+](=O)[O-])c2[nH]1. The number of fused-ring (bicyclic) bond motifs is 1. The molecule has 0 saturated carbocycles. The largest absolute Gasteiger partial charge is 0.497 e. The summed E-state index contributed by atoms with van der Waals surface area (Å²) in [5.41, 5.74) is 3.58. The van der Waals surface area contributed by atoms with Gasteiger partial charge in [-0.3, -0.25) is 10.1 Å². The molecule has 22 heavy (non-hydrogen) atoms. The number of hydrogen-bond donors (Lipinski definition) is 1. The van der Waals surface area contributed by atoms with Crippen molar-refractivity contribution in [2.24, 2.45) is 0 Å². The number of benzene rings is 2. The summed E-state index contributed by atoms with van der Waals surface area (Å²) in [4.78, 5) is 14.0. The van der Waals surface area contributed by atoms with Crippen molar-refractivity contribution in [2.75, 3.05) is 7.11 Å². The van der Waals surface area contributed by atoms with Gasteiger partial charge in [0.05, 0.1) is 12.0 Å². The van der Waals surface area contributed by atoms with Crippen molar-refractivity contribution < 1.29 is 9.66 Å². The highest BCUT2D eigenvalue weighted by molar-refractivity contribution is 6.00. The number of rotatable bonds is 4. The normalized spacial score (nSPS) is 10.8. The van der Waals surface area contributed by atoms with Gasteiger partial charge in [-0.05, 0) is 41.8 Å². The van der Waals surface area contributed by atoms with E-state index in [2.05, 4.69) is 4.98 Å². The molecule has 0 fully saturated rings. The molecule has 0 aliphatic rings. The lowest BCUT2D eigenvalue weighted by atomic mass is 10.0. The highest BCUT2D eigenvalue weighted by Gasteiger charge is 2.17. The van der Waals surface area contributed by atoms with Gasteiger partial charge in [-0.25, -0.2) is 0 Å². The van der Waals surface area contributed by atoms with E-state index in [-0.39, 0.29) is 10.6 Å². The number of aromatic amines is 1. The topological polar surface area (TPSA) is 68.2 Å². The molecule has 0 spiro atoms. The number of nitro benzene ring substituents is 1. The van der Waals surface area contributed by atoms with Crippen molar-refractivity contribution in [2.45, 2.75) is 13.3 Å². The maximum Gasteiger partial charge on any atom is 0.293 e. The molecule has 0 atom stereocenters. The van der Waals surface area contributed by atoms with Crippen LogP contribution in [0.5, 0.6) is 5.75 Å². The smallest absolute Gasteiger partial charge is 0.293 e. The van der Waals surface area contributed by atoms with Crippen LogP contribution in [0.3, 0.4) is 0 Å². The van der Waals surface area contributed by atoms with Gasteiger partial charge in [0.2, 0.25) is 0 Å². The zero-order valence-corrected chi connectivity index (χ0v) is 12.4. The van der Waals surface area contributed by atoms with Crippen LogP contribution in [0.2, 0.25) is 0 Å². The van der Waals surface area contributed by atoms with E-state index in [0.29, 0.717) is 5.52 Å². The number of hydrogen-bond acceptors (Lipinski definition) is 3. The minimum atomic E-state index is -0.354. The van der Waals surface area contributed by atoms with E-state index in [0.717, 1.165) is 34.4 Å². The van der Waals surface area contributed by atoms with Gasteiger partial charge in [0.25, 0.3) is 5.69 Å². The van der Waals surface area contributed by atoms with Crippen LogP contribution in [0.1, 0.15) is 12.6 Å². The average Bonchev–Trinajstić information content (AvgIpc) is 2.97. The molecule has 5 nitrogen and oxygen atoms in total. The second-order valence-corrected chi connectivity index (χ2v) is 5.06. The fourth-order valence-electron chi connectivity index (χ4n) is 2.65. The van der Waals surface area contributed by atoms with Crippen LogP contribution in [0.4, 0.5) is 5.69 Å². The molecule has 1 heterocycles. The molecule has 0 bridgehead atoms. The third-order valence-corrected chi connectivity index (χ3v) is 3.79. The quantitative estimate of drug-likeness (QED) is 0.576. The number of aromatic nitrogens is 1. The minimum Gasteiger partial charge on any atom is -0.497 e. The molecular formula is C17H16N2O3. The molecule has 0 saturated heterocycles. The third-order valence-electron chi connectivity index (χ3n) is 3.79. The lowest BCUT2D eigenvalue weighted by molar-refractivity contribution is -0.383. The van der Waals surface area contributed by atoms with Crippen molar-refractivity contribution >= 4 is 16.6 Å².